The molecule has 0 aliphatic heterocycles. The van der Waals surface area contributed by atoms with Crippen LogP contribution in [-0.4, -0.2) is 54.7 Å². The van der Waals surface area contributed by atoms with Gasteiger partial charge in [-0.1, -0.05) is 0 Å². The Bertz CT molecular complexity index is 372. The van der Waals surface area contributed by atoms with Gasteiger partial charge in [0.1, 0.15) is 12.4 Å². The summed E-state index contributed by atoms with van der Waals surface area (Å²) in [5, 5.41) is 3.20. The van der Waals surface area contributed by atoms with Gasteiger partial charge >= 0.3 is 0 Å². The average Bonchev–Trinajstić information content (AvgIpc) is 2.49. The van der Waals surface area contributed by atoms with E-state index in [-0.39, 0.29) is 0 Å². The SMILES string of the molecule is COCCNCCOc1cc(OC)c(OC)c(OC)c1. The lowest BCUT2D eigenvalue weighted by Crippen LogP contribution is -2.24. The Hall–Kier alpha value is -1.66. The Kier molecular flexibility index (Phi) is 7.60. The summed E-state index contributed by atoms with van der Waals surface area (Å²) in [6, 6.07) is 3.55. The van der Waals surface area contributed by atoms with Gasteiger partial charge in [-0.25, -0.2) is 0 Å². The molecule has 0 heterocycles. The fourth-order valence-electron chi connectivity index (χ4n) is 1.68. The minimum absolute atomic E-state index is 0.544. The van der Waals surface area contributed by atoms with Gasteiger partial charge in [0.2, 0.25) is 5.75 Å². The lowest BCUT2D eigenvalue weighted by atomic mass is 10.2. The van der Waals surface area contributed by atoms with Crippen LogP contribution in [0.1, 0.15) is 0 Å². The molecule has 0 bridgehead atoms. The lowest BCUT2D eigenvalue weighted by molar-refractivity contribution is 0.196. The molecule has 0 atom stereocenters. The molecule has 0 spiro atoms. The molecule has 0 unspecified atom stereocenters. The maximum Gasteiger partial charge on any atom is 0.203 e. The Morgan fingerprint density at radius 2 is 1.45 bits per heavy atom. The molecule has 0 aromatic heterocycles. The maximum atomic E-state index is 5.65. The molecule has 0 aliphatic rings. The molecule has 1 rings (SSSR count). The summed E-state index contributed by atoms with van der Waals surface area (Å²) in [7, 11) is 6.40. The molecule has 0 radical (unpaired) electrons. The second-order valence-corrected chi connectivity index (χ2v) is 3.95. The lowest BCUT2D eigenvalue weighted by Gasteiger charge is -2.14. The third kappa shape index (κ3) is 4.79. The number of methoxy groups -OCH3 is 4. The summed E-state index contributed by atoms with van der Waals surface area (Å²) in [5.41, 5.74) is 0. The van der Waals surface area contributed by atoms with Crippen molar-refractivity contribution < 1.29 is 23.7 Å². The van der Waals surface area contributed by atoms with Crippen LogP contribution in [0.5, 0.6) is 23.0 Å². The van der Waals surface area contributed by atoms with E-state index in [0.29, 0.717) is 36.2 Å². The van der Waals surface area contributed by atoms with E-state index in [4.69, 9.17) is 23.7 Å². The quantitative estimate of drug-likeness (QED) is 0.654. The zero-order chi connectivity index (χ0) is 14.8. The largest absolute Gasteiger partial charge is 0.493 e. The Morgan fingerprint density at radius 1 is 0.850 bits per heavy atom. The molecule has 0 saturated carbocycles. The zero-order valence-corrected chi connectivity index (χ0v) is 12.5. The number of hydrogen-bond donors (Lipinski definition) is 1. The van der Waals surface area contributed by atoms with Gasteiger partial charge in [-0.05, 0) is 0 Å². The van der Waals surface area contributed by atoms with Crippen molar-refractivity contribution in [1.82, 2.24) is 5.32 Å². The van der Waals surface area contributed by atoms with Crippen molar-refractivity contribution >= 4 is 0 Å². The smallest absolute Gasteiger partial charge is 0.203 e. The first kappa shape index (κ1) is 16.4. The normalized spacial score (nSPS) is 10.2. The van der Waals surface area contributed by atoms with Gasteiger partial charge in [-0.2, -0.15) is 0 Å². The van der Waals surface area contributed by atoms with Crippen LogP contribution in [0.15, 0.2) is 12.1 Å². The molecule has 0 fully saturated rings. The van der Waals surface area contributed by atoms with E-state index < -0.39 is 0 Å². The highest BCUT2D eigenvalue weighted by atomic mass is 16.5. The molecule has 1 aromatic carbocycles. The fraction of sp³-hybridized carbons (Fsp3) is 0.571. The first-order valence-electron chi connectivity index (χ1n) is 6.39. The molecule has 0 saturated heterocycles. The van der Waals surface area contributed by atoms with Crippen LogP contribution in [-0.2, 0) is 4.74 Å². The Balaban J connectivity index is 2.57. The van der Waals surface area contributed by atoms with Crippen molar-refractivity contribution in [3.63, 3.8) is 0 Å². The topological polar surface area (TPSA) is 58.2 Å². The number of rotatable bonds is 10. The second-order valence-electron chi connectivity index (χ2n) is 3.95. The Labute approximate surface area is 119 Å². The van der Waals surface area contributed by atoms with E-state index in [1.165, 1.54) is 0 Å². The van der Waals surface area contributed by atoms with E-state index >= 15 is 0 Å². The van der Waals surface area contributed by atoms with Crippen molar-refractivity contribution in [1.29, 1.82) is 0 Å². The van der Waals surface area contributed by atoms with E-state index in [1.54, 1.807) is 40.6 Å². The van der Waals surface area contributed by atoms with Gasteiger partial charge in [0.05, 0.1) is 27.9 Å². The summed E-state index contributed by atoms with van der Waals surface area (Å²) in [6.07, 6.45) is 0. The van der Waals surface area contributed by atoms with Crippen LogP contribution in [0.25, 0.3) is 0 Å². The van der Waals surface area contributed by atoms with Gasteiger partial charge in [-0.15, -0.1) is 0 Å². The van der Waals surface area contributed by atoms with E-state index in [1.807, 2.05) is 0 Å². The summed E-state index contributed by atoms with van der Waals surface area (Å²) in [4.78, 5) is 0. The molecule has 1 aromatic rings. The number of benzene rings is 1. The highest BCUT2D eigenvalue weighted by Gasteiger charge is 2.13. The Morgan fingerprint density at radius 3 is 1.95 bits per heavy atom. The number of hydrogen-bond acceptors (Lipinski definition) is 6. The molecular weight excluding hydrogens is 262 g/mol. The standard InChI is InChI=1S/C14H23NO5/c1-16-7-5-15-6-8-20-11-9-12(17-2)14(19-4)13(10-11)18-3/h9-10,15H,5-8H2,1-4H3. The van der Waals surface area contributed by atoms with Crippen molar-refractivity contribution in [2.45, 2.75) is 0 Å². The van der Waals surface area contributed by atoms with Crippen molar-refractivity contribution in [3.8, 4) is 23.0 Å². The van der Waals surface area contributed by atoms with Gasteiger partial charge in [0.25, 0.3) is 0 Å². The zero-order valence-electron chi connectivity index (χ0n) is 12.5. The van der Waals surface area contributed by atoms with Crippen molar-refractivity contribution in [2.75, 3.05) is 54.7 Å². The van der Waals surface area contributed by atoms with Crippen LogP contribution in [0.2, 0.25) is 0 Å². The van der Waals surface area contributed by atoms with Crippen LogP contribution in [0.3, 0.4) is 0 Å². The monoisotopic (exact) mass is 285 g/mol. The number of ether oxygens (including phenoxy) is 5. The van der Waals surface area contributed by atoms with E-state index in [9.17, 15) is 0 Å². The van der Waals surface area contributed by atoms with Crippen LogP contribution < -0.4 is 24.3 Å². The maximum absolute atomic E-state index is 5.65. The molecule has 114 valence electrons. The van der Waals surface area contributed by atoms with Crippen molar-refractivity contribution in [2.24, 2.45) is 0 Å². The summed E-state index contributed by atoms with van der Waals surface area (Å²) < 4.78 is 26.4. The van der Waals surface area contributed by atoms with E-state index in [2.05, 4.69) is 5.32 Å². The van der Waals surface area contributed by atoms with Gasteiger partial charge < -0.3 is 29.0 Å². The molecular formula is C14H23NO5. The van der Waals surface area contributed by atoms with Gasteiger partial charge in [0.15, 0.2) is 11.5 Å². The van der Waals surface area contributed by atoms with Crippen LogP contribution in [0, 0.1) is 0 Å². The van der Waals surface area contributed by atoms with Crippen LogP contribution in [0.4, 0.5) is 0 Å². The van der Waals surface area contributed by atoms with Crippen LogP contribution >= 0.6 is 0 Å². The molecule has 20 heavy (non-hydrogen) atoms. The third-order valence-corrected chi connectivity index (χ3v) is 2.67. The highest BCUT2D eigenvalue weighted by molar-refractivity contribution is 5.55. The van der Waals surface area contributed by atoms with Gasteiger partial charge in [0, 0.05) is 32.3 Å². The minimum atomic E-state index is 0.544. The summed E-state index contributed by atoms with van der Waals surface area (Å²) in [6.45, 7) is 2.77. The first-order valence-corrected chi connectivity index (χ1v) is 6.39. The summed E-state index contributed by atoms with van der Waals surface area (Å²) >= 11 is 0. The van der Waals surface area contributed by atoms with E-state index in [0.717, 1.165) is 13.1 Å². The molecule has 0 amide bonds. The fourth-order valence-corrected chi connectivity index (χ4v) is 1.68. The van der Waals surface area contributed by atoms with Crippen molar-refractivity contribution in [3.05, 3.63) is 12.1 Å². The minimum Gasteiger partial charge on any atom is -0.493 e. The second kappa shape index (κ2) is 9.28. The average molecular weight is 285 g/mol. The molecule has 6 heteroatoms. The van der Waals surface area contributed by atoms with Gasteiger partial charge in [-0.3, -0.25) is 0 Å². The predicted molar refractivity (Wildman–Crippen MR) is 76.3 cm³/mol. The summed E-state index contributed by atoms with van der Waals surface area (Å²) in [5.74, 6) is 2.39. The number of nitrogens with one attached hydrogen (secondary N) is 1. The predicted octanol–water partition coefficient (Wildman–Crippen LogP) is 1.33. The molecule has 0 aliphatic carbocycles. The highest BCUT2D eigenvalue weighted by Crippen LogP contribution is 2.40. The molecule has 6 nitrogen and oxygen atoms in total. The first-order chi connectivity index (χ1) is 9.76. The molecule has 1 N–H and O–H groups in total. The third-order valence-electron chi connectivity index (χ3n) is 2.67.